The Hall–Kier alpha value is -1.41. The molecule has 0 spiro atoms. The van der Waals surface area contributed by atoms with Gasteiger partial charge in [-0.3, -0.25) is 9.52 Å². The molecule has 5 nitrogen and oxygen atoms in total. The van der Waals surface area contributed by atoms with Crippen LogP contribution >= 0.6 is 35.0 Å². The average molecular weight is 445 g/mol. The number of amides is 1. The Labute approximate surface area is 173 Å². The molecular weight excluding hydrogens is 427 g/mol. The molecule has 0 aliphatic carbocycles. The van der Waals surface area contributed by atoms with Gasteiger partial charge in [-0.15, -0.1) is 11.8 Å². The van der Waals surface area contributed by atoms with Gasteiger partial charge in [-0.1, -0.05) is 23.2 Å². The molecule has 1 fully saturated rings. The lowest BCUT2D eigenvalue weighted by atomic mass is 10.2. The lowest BCUT2D eigenvalue weighted by Crippen LogP contribution is -2.28. The monoisotopic (exact) mass is 444 g/mol. The van der Waals surface area contributed by atoms with Crippen LogP contribution in [-0.2, 0) is 10.0 Å². The first kappa shape index (κ1) is 20.3. The second-order valence-corrected chi connectivity index (χ2v) is 9.44. The van der Waals surface area contributed by atoms with Gasteiger partial charge in [0.15, 0.2) is 0 Å². The molecule has 1 N–H and O–H groups in total. The predicted octanol–water partition coefficient (Wildman–Crippen LogP) is 4.75. The summed E-state index contributed by atoms with van der Waals surface area (Å²) in [6.45, 7) is 1.40. The van der Waals surface area contributed by atoms with Crippen LogP contribution in [-0.4, -0.2) is 38.6 Å². The number of anilines is 1. The number of sulfonamides is 1. The van der Waals surface area contributed by atoms with E-state index in [0.29, 0.717) is 29.4 Å². The second kappa shape index (κ2) is 8.31. The number of rotatable bonds is 5. The molecule has 2 aromatic rings. The third kappa shape index (κ3) is 4.54. The molecule has 27 heavy (non-hydrogen) atoms. The van der Waals surface area contributed by atoms with Crippen molar-refractivity contribution in [2.75, 3.05) is 24.1 Å². The fraction of sp³-hybridized carbons (Fsp3) is 0.278. The zero-order valence-corrected chi connectivity index (χ0v) is 17.7. The van der Waals surface area contributed by atoms with Crippen molar-refractivity contribution >= 4 is 56.6 Å². The zero-order valence-electron chi connectivity index (χ0n) is 14.5. The van der Waals surface area contributed by atoms with Crippen molar-refractivity contribution in [3.05, 3.63) is 52.0 Å². The van der Waals surface area contributed by atoms with Crippen molar-refractivity contribution in [2.24, 2.45) is 0 Å². The first-order valence-electron chi connectivity index (χ1n) is 8.27. The molecule has 1 aliphatic heterocycles. The summed E-state index contributed by atoms with van der Waals surface area (Å²) >= 11 is 13.2. The van der Waals surface area contributed by atoms with Crippen LogP contribution < -0.4 is 4.72 Å². The van der Waals surface area contributed by atoms with Crippen LogP contribution in [0.3, 0.4) is 0 Å². The van der Waals surface area contributed by atoms with E-state index in [1.54, 1.807) is 11.0 Å². The molecule has 144 valence electrons. The van der Waals surface area contributed by atoms with Crippen LogP contribution in [0.1, 0.15) is 23.2 Å². The van der Waals surface area contributed by atoms with E-state index in [4.69, 9.17) is 23.2 Å². The minimum atomic E-state index is -3.88. The summed E-state index contributed by atoms with van der Waals surface area (Å²) in [5, 5.41) is 0.585. The van der Waals surface area contributed by atoms with Gasteiger partial charge in [0.2, 0.25) is 0 Å². The quantitative estimate of drug-likeness (QED) is 0.675. The van der Waals surface area contributed by atoms with Crippen LogP contribution in [0.15, 0.2) is 46.2 Å². The van der Waals surface area contributed by atoms with E-state index < -0.39 is 10.0 Å². The molecular formula is C18H18Cl2N2O3S2. The first-order chi connectivity index (χ1) is 12.8. The molecule has 9 heteroatoms. The van der Waals surface area contributed by atoms with Crippen LogP contribution in [0, 0.1) is 0 Å². The lowest BCUT2D eigenvalue weighted by Gasteiger charge is -2.18. The van der Waals surface area contributed by atoms with Crippen molar-refractivity contribution in [2.45, 2.75) is 22.6 Å². The minimum absolute atomic E-state index is 0.0221. The summed E-state index contributed by atoms with van der Waals surface area (Å²) in [6.07, 6.45) is 3.80. The molecule has 3 rings (SSSR count). The maximum Gasteiger partial charge on any atom is 0.261 e. The van der Waals surface area contributed by atoms with E-state index in [9.17, 15) is 13.2 Å². The standard InChI is InChI=1S/C18H18Cl2N2O3S2/c1-26-17-7-5-13(11-14(17)18(23)22-8-2-3-9-22)27(24,25)21-12-4-6-15(19)16(20)10-12/h4-7,10-11,21H,2-3,8-9H2,1H3. The maximum atomic E-state index is 12.8. The number of halogens is 2. The molecule has 1 aliphatic rings. The molecule has 1 saturated heterocycles. The Bertz CT molecular complexity index is 975. The van der Waals surface area contributed by atoms with Gasteiger partial charge in [0.25, 0.3) is 15.9 Å². The number of hydrogen-bond donors (Lipinski definition) is 1. The predicted molar refractivity (Wildman–Crippen MR) is 111 cm³/mol. The Morgan fingerprint density at radius 3 is 2.41 bits per heavy atom. The van der Waals surface area contributed by atoms with Crippen molar-refractivity contribution in [1.29, 1.82) is 0 Å². The topological polar surface area (TPSA) is 66.5 Å². The van der Waals surface area contributed by atoms with Gasteiger partial charge < -0.3 is 4.90 Å². The van der Waals surface area contributed by atoms with Gasteiger partial charge in [-0.05, 0) is 55.5 Å². The maximum absolute atomic E-state index is 12.8. The van der Waals surface area contributed by atoms with E-state index in [2.05, 4.69) is 4.72 Å². The Morgan fingerprint density at radius 2 is 1.78 bits per heavy atom. The normalized spacial score (nSPS) is 14.4. The fourth-order valence-corrected chi connectivity index (χ4v) is 4.83. The highest BCUT2D eigenvalue weighted by atomic mass is 35.5. The summed E-state index contributed by atoms with van der Waals surface area (Å²) in [6, 6.07) is 9.07. The van der Waals surface area contributed by atoms with Gasteiger partial charge in [-0.25, -0.2) is 8.42 Å². The van der Waals surface area contributed by atoms with Gasteiger partial charge in [0.1, 0.15) is 0 Å². The number of benzene rings is 2. The molecule has 1 heterocycles. The minimum Gasteiger partial charge on any atom is -0.339 e. The van der Waals surface area contributed by atoms with Crippen molar-refractivity contribution in [3.63, 3.8) is 0 Å². The number of carbonyl (C=O) groups excluding carboxylic acids is 1. The SMILES string of the molecule is CSc1ccc(S(=O)(=O)Nc2ccc(Cl)c(Cl)c2)cc1C(=O)N1CCCC1. The van der Waals surface area contributed by atoms with Gasteiger partial charge in [-0.2, -0.15) is 0 Å². The number of thioether (sulfide) groups is 1. The molecule has 0 saturated carbocycles. The third-order valence-corrected chi connectivity index (χ3v) is 7.19. The van der Waals surface area contributed by atoms with Crippen molar-refractivity contribution in [1.82, 2.24) is 4.90 Å². The van der Waals surface area contributed by atoms with E-state index in [-0.39, 0.29) is 15.8 Å². The number of nitrogens with zero attached hydrogens (tertiary/aromatic N) is 1. The number of likely N-dealkylation sites (tertiary alicyclic amines) is 1. The summed E-state index contributed by atoms with van der Waals surface area (Å²) < 4.78 is 28.0. The number of nitrogens with one attached hydrogen (secondary N) is 1. The molecule has 0 atom stereocenters. The number of carbonyl (C=O) groups is 1. The van der Waals surface area contributed by atoms with Crippen LogP contribution in [0.5, 0.6) is 0 Å². The van der Waals surface area contributed by atoms with Crippen molar-refractivity contribution in [3.8, 4) is 0 Å². The highest BCUT2D eigenvalue weighted by Crippen LogP contribution is 2.29. The summed E-state index contributed by atoms with van der Waals surface area (Å²) in [4.78, 5) is 15.3. The third-order valence-electron chi connectivity index (χ3n) is 4.28. The zero-order chi connectivity index (χ0) is 19.6. The van der Waals surface area contributed by atoms with Gasteiger partial charge in [0, 0.05) is 18.0 Å². The first-order valence-corrected chi connectivity index (χ1v) is 11.7. The second-order valence-electron chi connectivity index (χ2n) is 6.10. The van der Waals surface area contributed by atoms with E-state index in [0.717, 1.165) is 17.7 Å². The molecule has 1 amide bonds. The fourth-order valence-electron chi connectivity index (χ4n) is 2.89. The van der Waals surface area contributed by atoms with Crippen LogP contribution in [0.4, 0.5) is 5.69 Å². The number of hydrogen-bond acceptors (Lipinski definition) is 4. The van der Waals surface area contributed by atoms with E-state index in [1.165, 1.54) is 42.1 Å². The van der Waals surface area contributed by atoms with Gasteiger partial charge in [0.05, 0.1) is 26.2 Å². The largest absolute Gasteiger partial charge is 0.339 e. The summed E-state index contributed by atoms with van der Waals surface area (Å²) in [5.74, 6) is -0.136. The summed E-state index contributed by atoms with van der Waals surface area (Å²) in [5.41, 5.74) is 0.701. The smallest absolute Gasteiger partial charge is 0.261 e. The van der Waals surface area contributed by atoms with Crippen LogP contribution in [0.25, 0.3) is 0 Å². The highest BCUT2D eigenvalue weighted by Gasteiger charge is 2.24. The van der Waals surface area contributed by atoms with Crippen molar-refractivity contribution < 1.29 is 13.2 Å². The molecule has 2 aromatic carbocycles. The molecule has 0 bridgehead atoms. The van der Waals surface area contributed by atoms with E-state index in [1.807, 2.05) is 6.26 Å². The molecule has 0 radical (unpaired) electrons. The Balaban J connectivity index is 1.94. The van der Waals surface area contributed by atoms with Crippen LogP contribution in [0.2, 0.25) is 10.0 Å². The van der Waals surface area contributed by atoms with Gasteiger partial charge >= 0.3 is 0 Å². The summed E-state index contributed by atoms with van der Waals surface area (Å²) in [7, 11) is -3.88. The van der Waals surface area contributed by atoms with E-state index >= 15 is 0 Å². The molecule has 0 unspecified atom stereocenters. The highest BCUT2D eigenvalue weighted by molar-refractivity contribution is 7.98. The Kier molecular flexibility index (Phi) is 6.25. The molecule has 0 aromatic heterocycles. The lowest BCUT2D eigenvalue weighted by molar-refractivity contribution is 0.0789. The average Bonchev–Trinajstić information content (AvgIpc) is 3.18. The Morgan fingerprint density at radius 1 is 1.07 bits per heavy atom.